The molecule has 0 unspecified atom stereocenters. The molecule has 2 aromatic rings. The maximum Gasteiger partial charge on any atom is 0.336 e. The normalized spacial score (nSPS) is 20.7. The third kappa shape index (κ3) is 3.80. The number of carbonyl (C=O) groups is 2. The molecule has 4 aliphatic heterocycles. The predicted octanol–water partition coefficient (Wildman–Crippen LogP) is 8.30. The van der Waals surface area contributed by atoms with Crippen LogP contribution in [0.1, 0.15) is 126 Å². The lowest BCUT2D eigenvalue weighted by molar-refractivity contribution is 0.0683. The van der Waals surface area contributed by atoms with Crippen LogP contribution in [-0.4, -0.2) is 45.0 Å². The standard InChI is InChI=1S/2C17H20N2O2/c1-8-16(3,4)13-10(18-8)7-11-14(12(13)15(20)21)17(5,6)9(2)19-11;1-8-17(5,6)13-11(18-8)7-10(15(20)21)12-14(13)19-9(2)16(12,3)4/h2*7H,1-6H3,(H,20,21). The second kappa shape index (κ2) is 8.79. The monoisotopic (exact) mass is 568 g/mol. The molecule has 42 heavy (non-hydrogen) atoms. The molecule has 0 aromatic heterocycles. The highest BCUT2D eigenvalue weighted by Crippen LogP contribution is 2.54. The lowest BCUT2D eigenvalue weighted by Gasteiger charge is -2.27. The molecule has 8 nitrogen and oxygen atoms in total. The topological polar surface area (TPSA) is 124 Å². The highest BCUT2D eigenvalue weighted by atomic mass is 16.4. The molecule has 2 aromatic carbocycles. The molecular weight excluding hydrogens is 528 g/mol. The first-order valence-electron chi connectivity index (χ1n) is 14.3. The van der Waals surface area contributed by atoms with E-state index < -0.39 is 11.9 Å². The highest BCUT2D eigenvalue weighted by molar-refractivity contribution is 6.11. The fraction of sp³-hybridized carbons (Fsp3) is 0.471. The summed E-state index contributed by atoms with van der Waals surface area (Å²) >= 11 is 0. The maximum atomic E-state index is 12.0. The van der Waals surface area contributed by atoms with Crippen molar-refractivity contribution in [2.24, 2.45) is 20.0 Å². The summed E-state index contributed by atoms with van der Waals surface area (Å²) in [5.41, 5.74) is 9.88. The summed E-state index contributed by atoms with van der Waals surface area (Å²) in [5.74, 6) is -1.80. The molecule has 0 spiro atoms. The lowest BCUT2D eigenvalue weighted by atomic mass is 9.73. The van der Waals surface area contributed by atoms with Crippen LogP contribution in [0.25, 0.3) is 0 Å². The molecular formula is C34H40N4O4. The third-order valence-corrected chi connectivity index (χ3v) is 10.3. The zero-order valence-electron chi connectivity index (χ0n) is 26.7. The minimum absolute atomic E-state index is 0.208. The van der Waals surface area contributed by atoms with E-state index in [1.807, 2.05) is 75.3 Å². The minimum atomic E-state index is -0.912. The van der Waals surface area contributed by atoms with Gasteiger partial charge in [0, 0.05) is 66.8 Å². The second-order valence-corrected chi connectivity index (χ2v) is 14.0. The zero-order valence-corrected chi connectivity index (χ0v) is 26.7. The van der Waals surface area contributed by atoms with E-state index in [4.69, 9.17) is 4.99 Å². The van der Waals surface area contributed by atoms with Crippen LogP contribution in [0.15, 0.2) is 32.1 Å². The van der Waals surface area contributed by atoms with Gasteiger partial charge in [-0.2, -0.15) is 0 Å². The molecule has 6 rings (SSSR count). The molecule has 4 aliphatic rings. The van der Waals surface area contributed by atoms with Crippen LogP contribution >= 0.6 is 0 Å². The first-order valence-corrected chi connectivity index (χ1v) is 14.3. The summed E-state index contributed by atoms with van der Waals surface area (Å²) in [7, 11) is 0. The van der Waals surface area contributed by atoms with E-state index in [-0.39, 0.29) is 21.7 Å². The summed E-state index contributed by atoms with van der Waals surface area (Å²) in [6, 6.07) is 3.65. The Labute approximate surface area is 247 Å². The molecule has 0 amide bonds. The molecule has 4 heterocycles. The van der Waals surface area contributed by atoms with Gasteiger partial charge in [0.25, 0.3) is 0 Å². The van der Waals surface area contributed by atoms with Crippen molar-refractivity contribution >= 4 is 57.5 Å². The van der Waals surface area contributed by atoms with Crippen LogP contribution < -0.4 is 0 Å². The summed E-state index contributed by atoms with van der Waals surface area (Å²) < 4.78 is 0. The van der Waals surface area contributed by atoms with Crippen molar-refractivity contribution in [2.75, 3.05) is 0 Å². The van der Waals surface area contributed by atoms with Crippen molar-refractivity contribution in [3.63, 3.8) is 0 Å². The number of rotatable bonds is 2. The Morgan fingerprint density at radius 3 is 1.29 bits per heavy atom. The van der Waals surface area contributed by atoms with Gasteiger partial charge in [0.2, 0.25) is 0 Å². The molecule has 0 aliphatic carbocycles. The van der Waals surface area contributed by atoms with Crippen LogP contribution in [-0.2, 0) is 21.7 Å². The molecule has 0 bridgehead atoms. The number of benzene rings is 2. The number of fused-ring (bicyclic) bond motifs is 5. The van der Waals surface area contributed by atoms with Gasteiger partial charge in [-0.3, -0.25) is 20.0 Å². The predicted molar refractivity (Wildman–Crippen MR) is 170 cm³/mol. The van der Waals surface area contributed by atoms with Gasteiger partial charge in [-0.15, -0.1) is 0 Å². The smallest absolute Gasteiger partial charge is 0.336 e. The fourth-order valence-corrected chi connectivity index (χ4v) is 6.58. The van der Waals surface area contributed by atoms with E-state index in [0.29, 0.717) is 11.1 Å². The van der Waals surface area contributed by atoms with Gasteiger partial charge >= 0.3 is 11.9 Å². The van der Waals surface area contributed by atoms with Crippen LogP contribution in [0.2, 0.25) is 0 Å². The number of carboxylic acids is 2. The first-order chi connectivity index (χ1) is 19.2. The minimum Gasteiger partial charge on any atom is -0.478 e. The summed E-state index contributed by atoms with van der Waals surface area (Å²) in [6.07, 6.45) is 0. The van der Waals surface area contributed by atoms with Crippen molar-refractivity contribution in [2.45, 2.75) is 105 Å². The molecule has 0 atom stereocenters. The lowest BCUT2D eigenvalue weighted by Crippen LogP contribution is -2.30. The van der Waals surface area contributed by atoms with Crippen molar-refractivity contribution in [1.29, 1.82) is 0 Å². The van der Waals surface area contributed by atoms with Gasteiger partial charge in [0.05, 0.1) is 33.9 Å². The quantitative estimate of drug-likeness (QED) is 0.378. The maximum absolute atomic E-state index is 12.0. The van der Waals surface area contributed by atoms with Crippen molar-refractivity contribution in [3.8, 4) is 0 Å². The Hall–Kier alpha value is -3.94. The Balaban J connectivity index is 0.000000168. The van der Waals surface area contributed by atoms with E-state index in [1.54, 1.807) is 6.07 Å². The van der Waals surface area contributed by atoms with E-state index in [9.17, 15) is 19.8 Å². The molecule has 8 heteroatoms. The molecule has 0 fully saturated rings. The van der Waals surface area contributed by atoms with Crippen molar-refractivity contribution in [3.05, 3.63) is 45.5 Å². The Bertz CT molecular complexity index is 1700. The number of nitrogens with zero attached hydrogens (tertiary/aromatic N) is 4. The Kier molecular flexibility index (Phi) is 6.18. The zero-order chi connectivity index (χ0) is 31.5. The van der Waals surface area contributed by atoms with Crippen LogP contribution in [0, 0.1) is 0 Å². The van der Waals surface area contributed by atoms with E-state index in [0.717, 1.165) is 67.9 Å². The highest BCUT2D eigenvalue weighted by Gasteiger charge is 2.45. The summed E-state index contributed by atoms with van der Waals surface area (Å²) in [6.45, 7) is 24.3. The third-order valence-electron chi connectivity index (χ3n) is 10.3. The number of hydrogen-bond donors (Lipinski definition) is 2. The van der Waals surface area contributed by atoms with Gasteiger partial charge in [-0.25, -0.2) is 9.59 Å². The summed E-state index contributed by atoms with van der Waals surface area (Å²) in [5, 5.41) is 19.4. The molecule has 0 radical (unpaired) electrons. The van der Waals surface area contributed by atoms with Crippen molar-refractivity contribution < 1.29 is 19.8 Å². The van der Waals surface area contributed by atoms with Crippen LogP contribution in [0.3, 0.4) is 0 Å². The molecule has 2 N–H and O–H groups in total. The Morgan fingerprint density at radius 2 is 0.881 bits per heavy atom. The number of aromatic carboxylic acids is 2. The average Bonchev–Trinajstić information content (AvgIpc) is 3.42. The fourth-order valence-electron chi connectivity index (χ4n) is 6.58. The van der Waals surface area contributed by atoms with Crippen LogP contribution in [0.4, 0.5) is 22.7 Å². The average molecular weight is 569 g/mol. The second-order valence-electron chi connectivity index (χ2n) is 14.0. The number of carboxylic acid groups (broad SMARTS) is 2. The SMILES string of the molecule is CC1=Nc2cc(C(=O)O)c3c(c2C1(C)C)N=C(C)C3(C)C.CC1=Nc2cc3c(c(C(=O)O)c2C1(C)C)C(C)(C)C(C)=N3. The molecule has 0 saturated heterocycles. The molecule has 0 saturated carbocycles. The van der Waals surface area contributed by atoms with Gasteiger partial charge in [-0.05, 0) is 39.8 Å². The van der Waals surface area contributed by atoms with Crippen LogP contribution in [0.5, 0.6) is 0 Å². The molecule has 220 valence electrons. The van der Waals surface area contributed by atoms with Crippen molar-refractivity contribution in [1.82, 2.24) is 0 Å². The largest absolute Gasteiger partial charge is 0.478 e. The van der Waals surface area contributed by atoms with Gasteiger partial charge in [0.1, 0.15) is 0 Å². The van der Waals surface area contributed by atoms with Gasteiger partial charge < -0.3 is 10.2 Å². The summed E-state index contributed by atoms with van der Waals surface area (Å²) in [4.78, 5) is 42.2. The van der Waals surface area contributed by atoms with Gasteiger partial charge in [0.15, 0.2) is 0 Å². The Morgan fingerprint density at radius 1 is 0.524 bits per heavy atom. The van der Waals surface area contributed by atoms with Gasteiger partial charge in [-0.1, -0.05) is 55.4 Å². The number of aliphatic imine (C=N–C) groups is 4. The first kappa shape index (κ1) is 29.5. The van der Waals surface area contributed by atoms with E-state index in [2.05, 4.69) is 28.8 Å². The number of hydrogen-bond acceptors (Lipinski definition) is 6. The van der Waals surface area contributed by atoms with E-state index >= 15 is 0 Å². The van der Waals surface area contributed by atoms with E-state index in [1.165, 1.54) is 0 Å².